The predicted octanol–water partition coefficient (Wildman–Crippen LogP) is 2.02. The summed E-state index contributed by atoms with van der Waals surface area (Å²) in [5.41, 5.74) is -0.522. The number of aliphatic hydroxyl groups is 3. The SMILES string of the molecule is CC(C)(C)C(=O)n1nc(-c2cccn(CCCO[C@H]3O[C@H](C(=O)O)[C@@H](O)[C@H](O)[C@H]3O)c2=O)cc1NCc1ccc(Cl)s1. The molecular weight excluding hydrogens is 592 g/mol. The minimum atomic E-state index is -1.81. The first kappa shape index (κ1) is 31.8. The van der Waals surface area contributed by atoms with E-state index in [1.54, 1.807) is 51.2 Å². The third-order valence-corrected chi connectivity index (χ3v) is 7.78. The molecule has 0 amide bonds. The number of ether oxygens (including phenoxy) is 2. The van der Waals surface area contributed by atoms with E-state index in [-0.39, 0.29) is 36.6 Å². The summed E-state index contributed by atoms with van der Waals surface area (Å²) >= 11 is 7.44. The van der Waals surface area contributed by atoms with Crippen LogP contribution in [0.25, 0.3) is 11.3 Å². The van der Waals surface area contributed by atoms with Crippen molar-refractivity contribution >= 4 is 40.6 Å². The van der Waals surface area contributed by atoms with E-state index < -0.39 is 42.1 Å². The predicted molar refractivity (Wildman–Crippen MR) is 154 cm³/mol. The lowest BCUT2D eigenvalue weighted by Gasteiger charge is -2.38. The number of carboxylic acids is 1. The number of carbonyl (C=O) groups excluding carboxylic acids is 1. The normalized spacial score (nSPS) is 22.7. The number of halogens is 1. The molecule has 0 spiro atoms. The van der Waals surface area contributed by atoms with Gasteiger partial charge in [-0.15, -0.1) is 11.3 Å². The maximum absolute atomic E-state index is 13.3. The molecule has 0 saturated carbocycles. The van der Waals surface area contributed by atoms with Crippen LogP contribution in [0.5, 0.6) is 0 Å². The van der Waals surface area contributed by atoms with E-state index in [2.05, 4.69) is 10.4 Å². The van der Waals surface area contributed by atoms with Gasteiger partial charge < -0.3 is 39.8 Å². The van der Waals surface area contributed by atoms with Crippen LogP contribution in [0.4, 0.5) is 5.82 Å². The quantitative estimate of drug-likeness (QED) is 0.208. The van der Waals surface area contributed by atoms with Crippen molar-refractivity contribution in [1.82, 2.24) is 14.3 Å². The third kappa shape index (κ3) is 7.09. The van der Waals surface area contributed by atoms with Crippen LogP contribution in [0, 0.1) is 5.41 Å². The maximum atomic E-state index is 13.3. The highest BCUT2D eigenvalue weighted by Crippen LogP contribution is 2.27. The van der Waals surface area contributed by atoms with Gasteiger partial charge in [0.05, 0.1) is 23.1 Å². The summed E-state index contributed by atoms with van der Waals surface area (Å²) < 4.78 is 13.9. The maximum Gasteiger partial charge on any atom is 0.335 e. The summed E-state index contributed by atoms with van der Waals surface area (Å²) in [6.45, 7) is 5.87. The molecule has 0 unspecified atom stereocenters. The number of aryl methyl sites for hydroxylation is 1. The minimum Gasteiger partial charge on any atom is -0.479 e. The van der Waals surface area contributed by atoms with E-state index in [1.807, 2.05) is 6.07 Å². The number of pyridine rings is 1. The molecule has 4 heterocycles. The zero-order valence-corrected chi connectivity index (χ0v) is 24.7. The molecule has 5 atom stereocenters. The number of nitrogens with one attached hydrogen (secondary N) is 1. The highest BCUT2D eigenvalue weighted by Gasteiger charge is 2.47. The van der Waals surface area contributed by atoms with Crippen molar-refractivity contribution in [3.8, 4) is 11.3 Å². The van der Waals surface area contributed by atoms with E-state index in [0.717, 1.165) is 4.88 Å². The van der Waals surface area contributed by atoms with Crippen molar-refractivity contribution in [2.75, 3.05) is 11.9 Å². The van der Waals surface area contributed by atoms with Crippen LogP contribution in [-0.4, -0.2) is 84.0 Å². The van der Waals surface area contributed by atoms with E-state index in [9.17, 15) is 29.7 Å². The molecule has 3 aromatic rings. The first-order valence-electron chi connectivity index (χ1n) is 13.1. The fourth-order valence-corrected chi connectivity index (χ4v) is 5.29. The van der Waals surface area contributed by atoms with Crippen LogP contribution in [0.15, 0.2) is 41.3 Å². The number of carbonyl (C=O) groups is 2. The molecule has 0 aromatic carbocycles. The van der Waals surface area contributed by atoms with Gasteiger partial charge in [0.1, 0.15) is 29.8 Å². The Labute approximate surface area is 249 Å². The molecule has 1 aliphatic heterocycles. The Balaban J connectivity index is 1.47. The number of aliphatic hydroxyl groups excluding tert-OH is 3. The number of aliphatic carboxylic acids is 1. The van der Waals surface area contributed by atoms with Gasteiger partial charge in [-0.2, -0.15) is 9.78 Å². The number of hydrogen-bond donors (Lipinski definition) is 5. The lowest BCUT2D eigenvalue weighted by molar-refractivity contribution is -0.294. The third-order valence-electron chi connectivity index (χ3n) is 6.55. The zero-order chi connectivity index (χ0) is 30.8. The number of thiophene rings is 1. The molecule has 4 rings (SSSR count). The van der Waals surface area contributed by atoms with E-state index in [0.29, 0.717) is 22.4 Å². The number of carboxylic acid groups (broad SMARTS) is 1. The van der Waals surface area contributed by atoms with Crippen molar-refractivity contribution in [1.29, 1.82) is 0 Å². The molecule has 0 radical (unpaired) electrons. The molecule has 0 aliphatic carbocycles. The summed E-state index contributed by atoms with van der Waals surface area (Å²) in [4.78, 5) is 38.8. The number of aromatic nitrogens is 3. The fraction of sp³-hybridized carbons (Fsp3) is 0.481. The summed E-state index contributed by atoms with van der Waals surface area (Å²) in [5.74, 6) is -1.34. The zero-order valence-electron chi connectivity index (χ0n) is 23.1. The van der Waals surface area contributed by atoms with Crippen molar-refractivity contribution in [3.63, 3.8) is 0 Å². The molecule has 15 heteroatoms. The van der Waals surface area contributed by atoms with Gasteiger partial charge in [-0.05, 0) is 30.7 Å². The second-order valence-corrected chi connectivity index (χ2v) is 12.6. The lowest BCUT2D eigenvalue weighted by atomic mass is 9.96. The number of nitrogens with zero attached hydrogens (tertiary/aromatic N) is 3. The Morgan fingerprint density at radius 2 is 1.90 bits per heavy atom. The Bertz CT molecular complexity index is 1480. The molecule has 0 bridgehead atoms. The van der Waals surface area contributed by atoms with Crippen molar-refractivity contribution in [2.24, 2.45) is 5.41 Å². The van der Waals surface area contributed by atoms with E-state index in [1.165, 1.54) is 20.6 Å². The average Bonchev–Trinajstić information content (AvgIpc) is 3.55. The van der Waals surface area contributed by atoms with Gasteiger partial charge in [-0.1, -0.05) is 32.4 Å². The highest BCUT2D eigenvalue weighted by molar-refractivity contribution is 7.16. The van der Waals surface area contributed by atoms with Gasteiger partial charge in [0.25, 0.3) is 11.5 Å². The summed E-state index contributed by atoms with van der Waals surface area (Å²) in [6.07, 6.45) is -6.64. The molecule has 3 aromatic heterocycles. The molecule has 1 aliphatic rings. The Morgan fingerprint density at radius 3 is 2.55 bits per heavy atom. The number of hydrogen-bond acceptors (Lipinski definition) is 11. The second-order valence-electron chi connectivity index (χ2n) is 10.8. The summed E-state index contributed by atoms with van der Waals surface area (Å²) in [5, 5.41) is 46.7. The Kier molecular flexibility index (Phi) is 9.88. The molecular formula is C27H33ClN4O9S. The molecule has 5 N–H and O–H groups in total. The fourth-order valence-electron chi connectivity index (χ4n) is 4.27. The highest BCUT2D eigenvalue weighted by atomic mass is 35.5. The van der Waals surface area contributed by atoms with Gasteiger partial charge >= 0.3 is 5.97 Å². The smallest absolute Gasteiger partial charge is 0.335 e. The van der Waals surface area contributed by atoms with Gasteiger partial charge in [-0.25, -0.2) is 4.79 Å². The Morgan fingerprint density at radius 1 is 1.17 bits per heavy atom. The van der Waals surface area contributed by atoms with Crippen LogP contribution < -0.4 is 10.9 Å². The van der Waals surface area contributed by atoms with Gasteiger partial charge in [0.15, 0.2) is 12.4 Å². The van der Waals surface area contributed by atoms with Gasteiger partial charge in [-0.3, -0.25) is 9.59 Å². The molecule has 228 valence electrons. The lowest BCUT2D eigenvalue weighted by Crippen LogP contribution is -2.60. The van der Waals surface area contributed by atoms with Crippen molar-refractivity contribution in [2.45, 2.75) is 71.0 Å². The Hall–Kier alpha value is -3.11. The van der Waals surface area contributed by atoms with Crippen molar-refractivity contribution < 1.29 is 39.5 Å². The summed E-state index contributed by atoms with van der Waals surface area (Å²) in [7, 11) is 0. The topological polar surface area (TPSA) is 185 Å². The van der Waals surface area contributed by atoms with Gasteiger partial charge in [0, 0.05) is 29.1 Å². The first-order valence-corrected chi connectivity index (χ1v) is 14.3. The van der Waals surface area contributed by atoms with Crippen LogP contribution in [-0.2, 0) is 27.4 Å². The second kappa shape index (κ2) is 13.0. The van der Waals surface area contributed by atoms with Crippen LogP contribution in [0.3, 0.4) is 0 Å². The minimum absolute atomic E-state index is 0.0525. The van der Waals surface area contributed by atoms with E-state index >= 15 is 0 Å². The molecule has 42 heavy (non-hydrogen) atoms. The van der Waals surface area contributed by atoms with E-state index in [4.69, 9.17) is 26.2 Å². The molecule has 1 fully saturated rings. The van der Waals surface area contributed by atoms with Crippen LogP contribution >= 0.6 is 22.9 Å². The average molecular weight is 625 g/mol. The standard InChI is InChI=1S/C27H33ClN4O9S/c1-27(2,3)26(39)32-18(29-13-14-7-8-17(28)42-14)12-16(30-32)15-6-4-9-31(23(15)36)10-5-11-40-25-21(35)19(33)20(34)22(41-25)24(37)38/h4,6-9,12,19-22,25,29,33-35H,5,10-11,13H2,1-3H3,(H,37,38)/t19-,20-,21+,22-,25-/m0/s1. The van der Waals surface area contributed by atoms with Crippen molar-refractivity contribution in [3.05, 3.63) is 56.1 Å². The largest absolute Gasteiger partial charge is 0.479 e. The number of rotatable bonds is 10. The van der Waals surface area contributed by atoms with Gasteiger partial charge in [0.2, 0.25) is 0 Å². The van der Waals surface area contributed by atoms with Crippen LogP contribution in [0.1, 0.15) is 36.9 Å². The monoisotopic (exact) mass is 624 g/mol. The molecule has 1 saturated heterocycles. The summed E-state index contributed by atoms with van der Waals surface area (Å²) in [6, 6.07) is 8.59. The van der Waals surface area contributed by atoms with Crippen LogP contribution in [0.2, 0.25) is 4.34 Å². The first-order chi connectivity index (χ1) is 19.8. The number of anilines is 1. The molecule has 13 nitrogen and oxygen atoms in total.